The van der Waals surface area contributed by atoms with Crippen molar-refractivity contribution in [1.29, 1.82) is 0 Å². The van der Waals surface area contributed by atoms with Crippen molar-refractivity contribution in [2.75, 3.05) is 0 Å². The maximum absolute atomic E-state index is 4.37. The second kappa shape index (κ2) is 9.62. The fourth-order valence-electron chi connectivity index (χ4n) is 6.34. The van der Waals surface area contributed by atoms with Crippen LogP contribution < -0.4 is 0 Å². The molecule has 0 nitrogen and oxygen atoms in total. The molecule has 0 aliphatic heterocycles. The minimum atomic E-state index is 0.584. The normalized spacial score (nSPS) is 35.0. The quantitative estimate of drug-likeness (QED) is 0.324. The molecule has 3 aliphatic rings. The summed E-state index contributed by atoms with van der Waals surface area (Å²) in [5.41, 5.74) is 5.33. The number of allylic oxidation sites excluding steroid dienone is 5. The molecule has 0 heteroatoms. The Labute approximate surface area is 169 Å². The smallest absolute Gasteiger partial charge is 0.0143 e. The Morgan fingerprint density at radius 2 is 1.81 bits per heavy atom. The Bertz CT molecular complexity index is 561. The average Bonchev–Trinajstić information content (AvgIpc) is 2.83. The summed E-state index contributed by atoms with van der Waals surface area (Å²) in [6.07, 6.45) is 24.5. The third-order valence-electron chi connectivity index (χ3n) is 8.12. The van der Waals surface area contributed by atoms with Gasteiger partial charge in [0.05, 0.1) is 0 Å². The van der Waals surface area contributed by atoms with E-state index in [-0.39, 0.29) is 0 Å². The van der Waals surface area contributed by atoms with Gasteiger partial charge in [0.25, 0.3) is 0 Å². The largest absolute Gasteiger partial charge is 0.0956 e. The topological polar surface area (TPSA) is 0 Å². The molecule has 0 saturated heterocycles. The van der Waals surface area contributed by atoms with Crippen LogP contribution in [0.15, 0.2) is 35.5 Å². The van der Waals surface area contributed by atoms with Gasteiger partial charge in [0.1, 0.15) is 0 Å². The van der Waals surface area contributed by atoms with Crippen molar-refractivity contribution in [2.45, 2.75) is 111 Å². The van der Waals surface area contributed by atoms with Gasteiger partial charge in [-0.15, -0.1) is 0 Å². The lowest BCUT2D eigenvalue weighted by molar-refractivity contribution is 0.127. The zero-order valence-electron chi connectivity index (χ0n) is 18.5. The SMILES string of the molecule is C=C1CCCCC/C1=C/C=C1\CCCC2(C)C(CCCCC(C)C)CCC12. The van der Waals surface area contributed by atoms with Crippen LogP contribution in [-0.2, 0) is 0 Å². The van der Waals surface area contributed by atoms with Gasteiger partial charge in [-0.2, -0.15) is 0 Å². The number of hydrogen-bond acceptors (Lipinski definition) is 0. The first-order valence-corrected chi connectivity index (χ1v) is 12.1. The second-order valence-corrected chi connectivity index (χ2v) is 10.5. The van der Waals surface area contributed by atoms with Gasteiger partial charge >= 0.3 is 0 Å². The average molecular weight is 369 g/mol. The van der Waals surface area contributed by atoms with Gasteiger partial charge in [-0.05, 0) is 93.0 Å². The van der Waals surface area contributed by atoms with E-state index < -0.39 is 0 Å². The van der Waals surface area contributed by atoms with Crippen molar-refractivity contribution < 1.29 is 0 Å². The molecule has 27 heavy (non-hydrogen) atoms. The molecule has 0 heterocycles. The molecule has 0 aromatic carbocycles. The Morgan fingerprint density at radius 1 is 1.00 bits per heavy atom. The summed E-state index contributed by atoms with van der Waals surface area (Å²) in [7, 11) is 0. The van der Waals surface area contributed by atoms with Crippen LogP contribution in [0.5, 0.6) is 0 Å². The lowest BCUT2D eigenvalue weighted by Gasteiger charge is -2.42. The molecular weight excluding hydrogens is 324 g/mol. The van der Waals surface area contributed by atoms with Crippen LogP contribution in [0.2, 0.25) is 0 Å². The van der Waals surface area contributed by atoms with Crippen LogP contribution >= 0.6 is 0 Å². The first kappa shape index (κ1) is 20.9. The monoisotopic (exact) mass is 368 g/mol. The predicted octanol–water partition coefficient (Wildman–Crippen LogP) is 8.79. The van der Waals surface area contributed by atoms with E-state index in [1.54, 1.807) is 11.1 Å². The zero-order valence-corrected chi connectivity index (χ0v) is 18.5. The first-order valence-electron chi connectivity index (χ1n) is 12.1. The number of unbranched alkanes of at least 4 members (excludes halogenated alkanes) is 1. The van der Waals surface area contributed by atoms with Crippen LogP contribution in [0.1, 0.15) is 111 Å². The van der Waals surface area contributed by atoms with Gasteiger partial charge < -0.3 is 0 Å². The van der Waals surface area contributed by atoms with Crippen LogP contribution in [0.25, 0.3) is 0 Å². The van der Waals surface area contributed by atoms with Crippen molar-refractivity contribution >= 4 is 0 Å². The first-order chi connectivity index (χ1) is 13.0. The Morgan fingerprint density at radius 3 is 2.63 bits per heavy atom. The summed E-state index contributed by atoms with van der Waals surface area (Å²) >= 11 is 0. The highest BCUT2D eigenvalue weighted by Crippen LogP contribution is 2.58. The van der Waals surface area contributed by atoms with Crippen molar-refractivity contribution in [3.63, 3.8) is 0 Å². The van der Waals surface area contributed by atoms with Crippen molar-refractivity contribution in [3.8, 4) is 0 Å². The number of fused-ring (bicyclic) bond motifs is 1. The molecule has 3 unspecified atom stereocenters. The number of hydrogen-bond donors (Lipinski definition) is 0. The van der Waals surface area contributed by atoms with Gasteiger partial charge in [-0.1, -0.05) is 76.3 Å². The molecule has 0 radical (unpaired) electrons. The Hall–Kier alpha value is -0.780. The second-order valence-electron chi connectivity index (χ2n) is 10.5. The maximum Gasteiger partial charge on any atom is -0.0143 e. The molecule has 0 N–H and O–H groups in total. The summed E-state index contributed by atoms with van der Waals surface area (Å²) < 4.78 is 0. The Balaban J connectivity index is 1.65. The highest BCUT2D eigenvalue weighted by atomic mass is 14.5. The predicted molar refractivity (Wildman–Crippen MR) is 120 cm³/mol. The van der Waals surface area contributed by atoms with E-state index in [1.807, 2.05) is 0 Å². The molecule has 0 amide bonds. The van der Waals surface area contributed by atoms with E-state index in [2.05, 4.69) is 39.5 Å². The maximum atomic E-state index is 4.37. The number of rotatable bonds is 6. The van der Waals surface area contributed by atoms with Crippen LogP contribution in [0.4, 0.5) is 0 Å². The lowest BCUT2D eigenvalue weighted by Crippen LogP contribution is -2.33. The molecular formula is C27H44. The minimum absolute atomic E-state index is 0.584. The molecule has 152 valence electrons. The fraction of sp³-hybridized carbons (Fsp3) is 0.778. The molecule has 3 fully saturated rings. The van der Waals surface area contributed by atoms with Crippen molar-refractivity contribution in [2.24, 2.45) is 23.2 Å². The van der Waals surface area contributed by atoms with Gasteiger partial charge in [0.2, 0.25) is 0 Å². The highest BCUT2D eigenvalue weighted by Gasteiger charge is 2.48. The third kappa shape index (κ3) is 5.18. The van der Waals surface area contributed by atoms with Crippen LogP contribution in [-0.4, -0.2) is 0 Å². The lowest BCUT2D eigenvalue weighted by atomic mass is 9.62. The van der Waals surface area contributed by atoms with E-state index in [4.69, 9.17) is 0 Å². The molecule has 3 aliphatic carbocycles. The fourth-order valence-corrected chi connectivity index (χ4v) is 6.34. The third-order valence-corrected chi connectivity index (χ3v) is 8.12. The van der Waals surface area contributed by atoms with Gasteiger partial charge in [-0.3, -0.25) is 0 Å². The van der Waals surface area contributed by atoms with E-state index in [0.29, 0.717) is 5.41 Å². The highest BCUT2D eigenvalue weighted by molar-refractivity contribution is 5.34. The van der Waals surface area contributed by atoms with Gasteiger partial charge in [0, 0.05) is 0 Å². The van der Waals surface area contributed by atoms with Gasteiger partial charge in [0.15, 0.2) is 0 Å². The van der Waals surface area contributed by atoms with Gasteiger partial charge in [-0.25, -0.2) is 0 Å². The zero-order chi connectivity index (χ0) is 19.3. The molecule has 3 saturated carbocycles. The molecule has 0 bridgehead atoms. The molecule has 0 aromatic rings. The summed E-state index contributed by atoms with van der Waals surface area (Å²) in [6.45, 7) is 11.7. The van der Waals surface area contributed by atoms with E-state index >= 15 is 0 Å². The molecule has 3 atom stereocenters. The minimum Gasteiger partial charge on any atom is -0.0956 e. The standard InChI is InChI=1S/C27H44/c1-21(2)11-8-9-15-25-18-19-26-24(14-10-20-27(25,26)4)17-16-23-13-7-5-6-12-22(23)3/h16-17,21,25-26H,3,5-15,18-20H2,1-2,4H3/b23-16-,24-17+. The van der Waals surface area contributed by atoms with E-state index in [0.717, 1.165) is 17.8 Å². The van der Waals surface area contributed by atoms with Crippen LogP contribution in [0.3, 0.4) is 0 Å². The summed E-state index contributed by atoms with van der Waals surface area (Å²) in [5.74, 6) is 2.70. The van der Waals surface area contributed by atoms with Crippen molar-refractivity contribution in [3.05, 3.63) is 35.5 Å². The van der Waals surface area contributed by atoms with E-state index in [9.17, 15) is 0 Å². The summed E-state index contributed by atoms with van der Waals surface area (Å²) in [4.78, 5) is 0. The summed E-state index contributed by atoms with van der Waals surface area (Å²) in [6, 6.07) is 0. The summed E-state index contributed by atoms with van der Waals surface area (Å²) in [5, 5.41) is 0. The molecule has 3 rings (SSSR count). The Kier molecular flexibility index (Phi) is 7.46. The van der Waals surface area contributed by atoms with Crippen molar-refractivity contribution in [1.82, 2.24) is 0 Å². The van der Waals surface area contributed by atoms with E-state index in [1.165, 1.54) is 95.5 Å². The molecule has 0 spiro atoms. The molecule has 0 aromatic heterocycles. The van der Waals surface area contributed by atoms with Crippen LogP contribution in [0, 0.1) is 23.2 Å².